The van der Waals surface area contributed by atoms with Gasteiger partial charge < -0.3 is 10.1 Å². The monoisotopic (exact) mass is 240 g/mol. The van der Waals surface area contributed by atoms with Crippen LogP contribution in [0.2, 0.25) is 0 Å². The van der Waals surface area contributed by atoms with Gasteiger partial charge in [0.05, 0.1) is 6.54 Å². The molecule has 1 N–H and O–H groups in total. The van der Waals surface area contributed by atoms with E-state index >= 15 is 0 Å². The highest BCUT2D eigenvalue weighted by atomic mass is 16.2. The Morgan fingerprint density at radius 3 is 2.41 bits per heavy atom. The van der Waals surface area contributed by atoms with Crippen LogP contribution in [0.15, 0.2) is 0 Å². The quantitative estimate of drug-likeness (QED) is 0.710. The first kappa shape index (κ1) is 14.2. The first-order chi connectivity index (χ1) is 8.19. The minimum absolute atomic E-state index is 0.114. The van der Waals surface area contributed by atoms with Gasteiger partial charge in [0.2, 0.25) is 5.91 Å². The predicted molar refractivity (Wildman–Crippen MR) is 67.7 cm³/mol. The van der Waals surface area contributed by atoms with E-state index in [1.807, 2.05) is 0 Å². The number of amides is 1. The van der Waals surface area contributed by atoms with E-state index in [1.54, 1.807) is 0 Å². The molecule has 0 bridgehead atoms. The molecule has 0 unspecified atom stereocenters. The van der Waals surface area contributed by atoms with Crippen molar-refractivity contribution >= 4 is 12.2 Å². The van der Waals surface area contributed by atoms with E-state index in [0.29, 0.717) is 12.6 Å². The molecule has 1 aliphatic rings. The first-order valence-corrected chi connectivity index (χ1v) is 6.66. The van der Waals surface area contributed by atoms with E-state index in [2.05, 4.69) is 24.1 Å². The first-order valence-electron chi connectivity index (χ1n) is 6.66. The lowest BCUT2D eigenvalue weighted by Gasteiger charge is -2.29. The second-order valence-electron chi connectivity index (χ2n) is 4.83. The highest BCUT2D eigenvalue weighted by molar-refractivity contribution is 5.78. The van der Waals surface area contributed by atoms with Crippen LogP contribution >= 0.6 is 0 Å². The minimum Gasteiger partial charge on any atom is -0.352 e. The average molecular weight is 240 g/mol. The SMILES string of the molecule is CCC(CC)NC(=O)CN1CCC(C=O)CC1. The van der Waals surface area contributed by atoms with Gasteiger partial charge in [-0.2, -0.15) is 0 Å². The number of hydrogen-bond acceptors (Lipinski definition) is 3. The molecule has 0 aromatic heterocycles. The molecule has 0 atom stereocenters. The van der Waals surface area contributed by atoms with Crippen LogP contribution in [0.3, 0.4) is 0 Å². The van der Waals surface area contributed by atoms with E-state index in [-0.39, 0.29) is 11.8 Å². The van der Waals surface area contributed by atoms with Gasteiger partial charge in [0.15, 0.2) is 0 Å². The third-order valence-corrected chi connectivity index (χ3v) is 3.54. The topological polar surface area (TPSA) is 49.4 Å². The van der Waals surface area contributed by atoms with E-state index in [0.717, 1.165) is 45.1 Å². The Hall–Kier alpha value is -0.900. The van der Waals surface area contributed by atoms with Gasteiger partial charge in [0.1, 0.15) is 6.29 Å². The molecule has 1 aliphatic heterocycles. The van der Waals surface area contributed by atoms with Crippen LogP contribution in [0.1, 0.15) is 39.5 Å². The van der Waals surface area contributed by atoms with Gasteiger partial charge in [0.25, 0.3) is 0 Å². The smallest absolute Gasteiger partial charge is 0.234 e. The van der Waals surface area contributed by atoms with Crippen LogP contribution in [0.25, 0.3) is 0 Å². The average Bonchev–Trinajstić information content (AvgIpc) is 2.37. The lowest BCUT2D eigenvalue weighted by molar-refractivity contribution is -0.123. The summed E-state index contributed by atoms with van der Waals surface area (Å²) in [6, 6.07) is 0.301. The zero-order valence-electron chi connectivity index (χ0n) is 10.9. The van der Waals surface area contributed by atoms with Crippen LogP contribution in [0.5, 0.6) is 0 Å². The number of piperidine rings is 1. The second-order valence-corrected chi connectivity index (χ2v) is 4.83. The lowest BCUT2D eigenvalue weighted by atomic mass is 9.99. The minimum atomic E-state index is 0.114. The maximum absolute atomic E-state index is 11.8. The Balaban J connectivity index is 2.25. The van der Waals surface area contributed by atoms with Crippen molar-refractivity contribution < 1.29 is 9.59 Å². The van der Waals surface area contributed by atoms with Gasteiger partial charge in [0, 0.05) is 12.0 Å². The maximum atomic E-state index is 11.8. The van der Waals surface area contributed by atoms with Crippen molar-refractivity contribution in [1.29, 1.82) is 0 Å². The molecule has 1 heterocycles. The zero-order chi connectivity index (χ0) is 12.7. The summed E-state index contributed by atoms with van der Waals surface area (Å²) in [5, 5.41) is 3.04. The number of carbonyl (C=O) groups is 2. The number of rotatable bonds is 6. The van der Waals surface area contributed by atoms with Crippen molar-refractivity contribution in [3.63, 3.8) is 0 Å². The molecule has 17 heavy (non-hydrogen) atoms. The van der Waals surface area contributed by atoms with Crippen molar-refractivity contribution in [2.45, 2.75) is 45.6 Å². The van der Waals surface area contributed by atoms with Gasteiger partial charge in [-0.15, -0.1) is 0 Å². The Morgan fingerprint density at radius 1 is 1.35 bits per heavy atom. The molecule has 4 heteroatoms. The Labute approximate surface area is 104 Å². The van der Waals surface area contributed by atoms with Crippen LogP contribution in [-0.4, -0.2) is 42.8 Å². The molecule has 1 fully saturated rings. The van der Waals surface area contributed by atoms with Gasteiger partial charge in [-0.3, -0.25) is 9.69 Å². The van der Waals surface area contributed by atoms with Crippen molar-refractivity contribution in [1.82, 2.24) is 10.2 Å². The van der Waals surface area contributed by atoms with E-state index in [1.165, 1.54) is 0 Å². The molecular formula is C13H24N2O2. The third kappa shape index (κ3) is 4.86. The summed E-state index contributed by atoms with van der Waals surface area (Å²) in [5.74, 6) is 0.316. The molecular weight excluding hydrogens is 216 g/mol. The number of hydrogen-bond donors (Lipinski definition) is 1. The molecule has 0 aromatic rings. The van der Waals surface area contributed by atoms with Crippen LogP contribution < -0.4 is 5.32 Å². The fourth-order valence-electron chi connectivity index (χ4n) is 2.22. The Bertz CT molecular complexity index is 244. The van der Waals surface area contributed by atoms with Gasteiger partial charge >= 0.3 is 0 Å². The molecule has 98 valence electrons. The standard InChI is InChI=1S/C13H24N2O2/c1-3-12(4-2)14-13(17)9-15-7-5-11(10-16)6-8-15/h10-12H,3-9H2,1-2H3,(H,14,17). The predicted octanol–water partition coefficient (Wildman–Crippen LogP) is 1.20. The van der Waals surface area contributed by atoms with Crippen LogP contribution in [-0.2, 0) is 9.59 Å². The molecule has 4 nitrogen and oxygen atoms in total. The summed E-state index contributed by atoms with van der Waals surface area (Å²) in [6.45, 7) is 6.37. The Kier molecular flexibility index (Phi) is 6.19. The largest absolute Gasteiger partial charge is 0.352 e. The van der Waals surface area contributed by atoms with Crippen molar-refractivity contribution in [2.24, 2.45) is 5.92 Å². The van der Waals surface area contributed by atoms with E-state index in [9.17, 15) is 9.59 Å². The van der Waals surface area contributed by atoms with Crippen molar-refractivity contribution in [3.05, 3.63) is 0 Å². The molecule has 1 saturated heterocycles. The molecule has 0 aromatic carbocycles. The van der Waals surface area contributed by atoms with Gasteiger partial charge in [-0.25, -0.2) is 0 Å². The number of nitrogens with zero attached hydrogens (tertiary/aromatic N) is 1. The molecule has 0 spiro atoms. The number of aldehydes is 1. The highest BCUT2D eigenvalue weighted by Crippen LogP contribution is 2.14. The summed E-state index contributed by atoms with van der Waals surface area (Å²) in [6.07, 6.45) is 4.79. The number of nitrogens with one attached hydrogen (secondary N) is 1. The van der Waals surface area contributed by atoms with Gasteiger partial charge in [-0.05, 0) is 38.8 Å². The van der Waals surface area contributed by atoms with Crippen molar-refractivity contribution in [3.8, 4) is 0 Å². The van der Waals surface area contributed by atoms with Crippen LogP contribution in [0.4, 0.5) is 0 Å². The van der Waals surface area contributed by atoms with Crippen LogP contribution in [0, 0.1) is 5.92 Å². The van der Waals surface area contributed by atoms with E-state index in [4.69, 9.17) is 0 Å². The lowest BCUT2D eigenvalue weighted by Crippen LogP contribution is -2.44. The summed E-state index contributed by atoms with van der Waals surface area (Å²) < 4.78 is 0. The highest BCUT2D eigenvalue weighted by Gasteiger charge is 2.20. The third-order valence-electron chi connectivity index (χ3n) is 3.54. The Morgan fingerprint density at radius 2 is 1.94 bits per heavy atom. The summed E-state index contributed by atoms with van der Waals surface area (Å²) in [7, 11) is 0. The second kappa shape index (κ2) is 7.43. The summed E-state index contributed by atoms with van der Waals surface area (Å²) in [5.41, 5.74) is 0. The zero-order valence-corrected chi connectivity index (χ0v) is 10.9. The maximum Gasteiger partial charge on any atom is 0.234 e. The fraction of sp³-hybridized carbons (Fsp3) is 0.846. The normalized spacial score (nSPS) is 18.3. The molecule has 0 aliphatic carbocycles. The molecule has 0 saturated carbocycles. The summed E-state index contributed by atoms with van der Waals surface area (Å²) in [4.78, 5) is 24.5. The van der Waals surface area contributed by atoms with E-state index < -0.39 is 0 Å². The molecule has 1 amide bonds. The summed E-state index contributed by atoms with van der Waals surface area (Å²) >= 11 is 0. The van der Waals surface area contributed by atoms with Crippen molar-refractivity contribution in [2.75, 3.05) is 19.6 Å². The fourth-order valence-corrected chi connectivity index (χ4v) is 2.22. The molecule has 1 rings (SSSR count). The number of carbonyl (C=O) groups excluding carboxylic acids is 2. The van der Waals surface area contributed by atoms with Gasteiger partial charge in [-0.1, -0.05) is 13.8 Å². The number of likely N-dealkylation sites (tertiary alicyclic amines) is 1. The molecule has 0 radical (unpaired) electrons.